The van der Waals surface area contributed by atoms with E-state index in [2.05, 4.69) is 36.0 Å². The summed E-state index contributed by atoms with van der Waals surface area (Å²) in [6.45, 7) is 2.75. The van der Waals surface area contributed by atoms with Crippen molar-refractivity contribution in [1.29, 1.82) is 0 Å². The molecule has 5 rings (SSSR count). The molecule has 11 nitrogen and oxygen atoms in total. The van der Waals surface area contributed by atoms with Crippen LogP contribution in [0.25, 0.3) is 27.9 Å². The molecular weight excluding hydrogens is 410 g/mol. The summed E-state index contributed by atoms with van der Waals surface area (Å²) in [4.78, 5) is 30.5. The third kappa shape index (κ3) is 3.78. The molecule has 0 saturated carbocycles. The molecule has 0 atom stereocenters. The first-order valence-corrected chi connectivity index (χ1v) is 10.0. The van der Waals surface area contributed by atoms with Gasteiger partial charge in [0, 0.05) is 23.9 Å². The number of urea groups is 1. The number of anilines is 1. The number of H-pyrrole nitrogens is 1. The summed E-state index contributed by atoms with van der Waals surface area (Å²) in [5.74, 6) is 0.410. The number of nitrogens with one attached hydrogen (secondary N) is 3. The molecule has 0 spiro atoms. The molecule has 4 aromatic heterocycles. The number of amides is 2. The zero-order valence-corrected chi connectivity index (χ0v) is 17.1. The fourth-order valence-corrected chi connectivity index (χ4v) is 3.41. The maximum Gasteiger partial charge on any atom is 0.320 e. The topological polar surface area (TPSA) is 135 Å². The smallest absolute Gasteiger partial charge is 0.320 e. The Hall–Kier alpha value is -4.54. The number of aromatic nitrogens is 7. The molecule has 0 unspecified atom stereocenters. The van der Waals surface area contributed by atoms with E-state index in [0.29, 0.717) is 24.6 Å². The number of nitrogens with zero attached hydrogens (tertiary/aromatic N) is 6. The van der Waals surface area contributed by atoms with E-state index in [0.717, 1.165) is 28.0 Å². The van der Waals surface area contributed by atoms with Gasteiger partial charge >= 0.3 is 6.03 Å². The molecule has 0 fully saturated rings. The van der Waals surface area contributed by atoms with Gasteiger partial charge in [0.2, 0.25) is 5.56 Å². The van der Waals surface area contributed by atoms with Gasteiger partial charge in [0.1, 0.15) is 5.52 Å². The van der Waals surface area contributed by atoms with Crippen LogP contribution >= 0.6 is 0 Å². The maximum atomic E-state index is 11.7. The minimum Gasteiger partial charge on any atom is -0.338 e. The average molecular weight is 429 g/mol. The van der Waals surface area contributed by atoms with Crippen molar-refractivity contribution in [3.8, 4) is 11.3 Å². The third-order valence-corrected chi connectivity index (χ3v) is 4.86. The summed E-state index contributed by atoms with van der Waals surface area (Å²) in [5.41, 5.74) is 4.33. The van der Waals surface area contributed by atoms with Gasteiger partial charge < -0.3 is 10.3 Å². The Labute approximate surface area is 181 Å². The number of carbonyl (C=O) groups is 1. The zero-order chi connectivity index (χ0) is 22.1. The molecule has 4 heterocycles. The predicted molar refractivity (Wildman–Crippen MR) is 118 cm³/mol. The van der Waals surface area contributed by atoms with Crippen LogP contribution in [0.3, 0.4) is 0 Å². The minimum absolute atomic E-state index is 0.159. The number of hydrogen-bond acceptors (Lipinski definition) is 6. The Morgan fingerprint density at radius 1 is 1.16 bits per heavy atom. The molecule has 0 aliphatic rings. The Bertz CT molecular complexity index is 1500. The second kappa shape index (κ2) is 7.95. The highest BCUT2D eigenvalue weighted by molar-refractivity contribution is 5.88. The standard InChI is InChI=1S/C21H19N9O2/c1-2-22-21(32)25-18-12-30-19(24-18)9-7-14(27-30)11-29-17-10-13(6-8-16(17)26-28-29)15-4-3-5-20(31)23-15/h3-10,12H,2,11H2,1H3,(H,23,31)(H2,22,25,32). The summed E-state index contributed by atoms with van der Waals surface area (Å²) in [6.07, 6.45) is 1.65. The monoisotopic (exact) mass is 429 g/mol. The van der Waals surface area contributed by atoms with E-state index in [1.165, 1.54) is 6.07 Å². The van der Waals surface area contributed by atoms with E-state index >= 15 is 0 Å². The largest absolute Gasteiger partial charge is 0.338 e. The average Bonchev–Trinajstić information content (AvgIpc) is 3.36. The van der Waals surface area contributed by atoms with Gasteiger partial charge in [0.05, 0.1) is 24.0 Å². The quantitative estimate of drug-likeness (QED) is 0.391. The molecule has 2 amide bonds. The van der Waals surface area contributed by atoms with Crippen LogP contribution in [0.15, 0.2) is 59.5 Å². The molecule has 160 valence electrons. The van der Waals surface area contributed by atoms with Crippen molar-refractivity contribution in [2.45, 2.75) is 13.5 Å². The van der Waals surface area contributed by atoms with E-state index in [9.17, 15) is 9.59 Å². The van der Waals surface area contributed by atoms with Gasteiger partial charge in [-0.3, -0.25) is 10.1 Å². The predicted octanol–water partition coefficient (Wildman–Crippen LogP) is 2.02. The number of pyridine rings is 1. The normalized spacial score (nSPS) is 11.2. The van der Waals surface area contributed by atoms with Crippen molar-refractivity contribution in [3.05, 3.63) is 70.8 Å². The van der Waals surface area contributed by atoms with Gasteiger partial charge in [0.25, 0.3) is 0 Å². The summed E-state index contributed by atoms with van der Waals surface area (Å²) < 4.78 is 3.36. The van der Waals surface area contributed by atoms with E-state index in [4.69, 9.17) is 0 Å². The van der Waals surface area contributed by atoms with Crippen molar-refractivity contribution in [3.63, 3.8) is 0 Å². The second-order valence-corrected chi connectivity index (χ2v) is 7.12. The summed E-state index contributed by atoms with van der Waals surface area (Å²) in [6, 6.07) is 14.1. The first-order valence-electron chi connectivity index (χ1n) is 10.0. The Kier molecular flexibility index (Phi) is 4.82. The molecular formula is C21H19N9O2. The van der Waals surface area contributed by atoms with Crippen molar-refractivity contribution in [2.75, 3.05) is 11.9 Å². The molecule has 0 aliphatic heterocycles. The highest BCUT2D eigenvalue weighted by atomic mass is 16.2. The number of rotatable bonds is 5. The lowest BCUT2D eigenvalue weighted by Gasteiger charge is -2.05. The van der Waals surface area contributed by atoms with Crippen molar-refractivity contribution in [2.24, 2.45) is 0 Å². The first-order chi connectivity index (χ1) is 15.6. The van der Waals surface area contributed by atoms with Crippen LogP contribution in [-0.2, 0) is 6.54 Å². The van der Waals surface area contributed by atoms with Gasteiger partial charge in [-0.2, -0.15) is 5.10 Å². The molecule has 0 radical (unpaired) electrons. The number of benzene rings is 1. The zero-order valence-electron chi connectivity index (χ0n) is 17.1. The molecule has 5 aromatic rings. The highest BCUT2D eigenvalue weighted by Crippen LogP contribution is 2.21. The molecule has 1 aromatic carbocycles. The first kappa shape index (κ1) is 19.4. The Morgan fingerprint density at radius 3 is 2.91 bits per heavy atom. The number of imidazole rings is 1. The van der Waals surface area contributed by atoms with Crippen LogP contribution in [0.2, 0.25) is 0 Å². The van der Waals surface area contributed by atoms with E-state index in [1.807, 2.05) is 43.3 Å². The fourth-order valence-electron chi connectivity index (χ4n) is 3.41. The van der Waals surface area contributed by atoms with Crippen LogP contribution in [0.1, 0.15) is 12.6 Å². The summed E-state index contributed by atoms with van der Waals surface area (Å²) >= 11 is 0. The van der Waals surface area contributed by atoms with Gasteiger partial charge in [-0.1, -0.05) is 17.3 Å². The fraction of sp³-hybridized carbons (Fsp3) is 0.143. The van der Waals surface area contributed by atoms with E-state index < -0.39 is 0 Å². The van der Waals surface area contributed by atoms with Crippen molar-refractivity contribution in [1.82, 2.24) is 39.9 Å². The third-order valence-electron chi connectivity index (χ3n) is 4.86. The lowest BCUT2D eigenvalue weighted by Crippen LogP contribution is -2.28. The SMILES string of the molecule is CCNC(=O)Nc1cn2nc(Cn3nnc4ccc(-c5cccc(=O)[nH]5)cc43)ccc2n1. The molecule has 0 bridgehead atoms. The number of carbonyl (C=O) groups excluding carboxylic acids is 1. The molecule has 11 heteroatoms. The molecule has 32 heavy (non-hydrogen) atoms. The van der Waals surface area contributed by atoms with Gasteiger partial charge in [0.15, 0.2) is 11.5 Å². The van der Waals surface area contributed by atoms with Crippen molar-refractivity contribution < 1.29 is 4.79 Å². The Morgan fingerprint density at radius 2 is 2.06 bits per heavy atom. The van der Waals surface area contributed by atoms with Crippen LogP contribution in [0.5, 0.6) is 0 Å². The summed E-state index contributed by atoms with van der Waals surface area (Å²) in [5, 5.41) is 18.4. The molecule has 0 aliphatic carbocycles. The number of aromatic amines is 1. The maximum absolute atomic E-state index is 11.7. The van der Waals surface area contributed by atoms with Gasteiger partial charge in [-0.05, 0) is 37.3 Å². The molecule has 0 saturated heterocycles. The summed E-state index contributed by atoms with van der Waals surface area (Å²) in [7, 11) is 0. The number of hydrogen-bond donors (Lipinski definition) is 3. The number of fused-ring (bicyclic) bond motifs is 2. The van der Waals surface area contributed by atoms with E-state index in [-0.39, 0.29) is 11.6 Å². The van der Waals surface area contributed by atoms with Crippen LogP contribution < -0.4 is 16.2 Å². The van der Waals surface area contributed by atoms with Crippen molar-refractivity contribution >= 4 is 28.5 Å². The van der Waals surface area contributed by atoms with Gasteiger partial charge in [-0.15, -0.1) is 5.10 Å². The van der Waals surface area contributed by atoms with Crippen LogP contribution in [-0.4, -0.2) is 47.2 Å². The van der Waals surface area contributed by atoms with Gasteiger partial charge in [-0.25, -0.2) is 19.0 Å². The lowest BCUT2D eigenvalue weighted by molar-refractivity contribution is 0.252. The van der Waals surface area contributed by atoms with Crippen LogP contribution in [0.4, 0.5) is 10.6 Å². The lowest BCUT2D eigenvalue weighted by atomic mass is 10.1. The second-order valence-electron chi connectivity index (χ2n) is 7.12. The van der Waals surface area contributed by atoms with Crippen LogP contribution in [0, 0.1) is 0 Å². The van der Waals surface area contributed by atoms with E-state index in [1.54, 1.807) is 21.5 Å². The highest BCUT2D eigenvalue weighted by Gasteiger charge is 2.11. The molecule has 3 N–H and O–H groups in total. The minimum atomic E-state index is -0.319. The Balaban J connectivity index is 1.44.